The van der Waals surface area contributed by atoms with E-state index in [1.165, 1.54) is 5.56 Å². The van der Waals surface area contributed by atoms with Crippen LogP contribution in [-0.2, 0) is 11.3 Å². The van der Waals surface area contributed by atoms with Gasteiger partial charge in [-0.1, -0.05) is 29.8 Å². The largest absolute Gasteiger partial charge is 0.447 e. The van der Waals surface area contributed by atoms with Crippen LogP contribution in [0.4, 0.5) is 4.79 Å². The molecule has 0 radical (unpaired) electrons. The molecule has 4 heteroatoms. The summed E-state index contributed by atoms with van der Waals surface area (Å²) in [6, 6.07) is 8.07. The van der Waals surface area contributed by atoms with E-state index in [-0.39, 0.29) is 12.7 Å². The maximum Gasteiger partial charge on any atom is 0.410 e. The third kappa shape index (κ3) is 2.48. The van der Waals surface area contributed by atoms with E-state index in [2.05, 4.69) is 6.07 Å². The Kier molecular flexibility index (Phi) is 3.57. The number of nitrogens with zero attached hydrogens (tertiary/aromatic N) is 1. The molecule has 1 atom stereocenters. The zero-order valence-electron chi connectivity index (χ0n) is 10.8. The minimum Gasteiger partial charge on any atom is -0.447 e. The molecule has 0 spiro atoms. The number of carbonyl (C=O) groups excluding carboxylic acids is 1. The Morgan fingerprint density at radius 2 is 2.28 bits per heavy atom. The summed E-state index contributed by atoms with van der Waals surface area (Å²) in [5, 5.41) is 9.11. The minimum absolute atomic E-state index is 0.0530. The summed E-state index contributed by atoms with van der Waals surface area (Å²) in [5.74, 6) is 0. The van der Waals surface area contributed by atoms with Crippen molar-refractivity contribution in [3.63, 3.8) is 0 Å². The van der Waals surface area contributed by atoms with E-state index < -0.39 is 5.54 Å². The first-order valence-corrected chi connectivity index (χ1v) is 6.16. The highest BCUT2D eigenvalue weighted by Gasteiger charge is 2.42. The summed E-state index contributed by atoms with van der Waals surface area (Å²) in [5.41, 5.74) is 1.84. The molecule has 0 saturated carbocycles. The molecule has 0 aliphatic carbocycles. The number of cyclic esters (lactones) is 1. The van der Waals surface area contributed by atoms with Gasteiger partial charge in [-0.3, -0.25) is 4.90 Å². The average Bonchev–Trinajstić information content (AvgIpc) is 2.58. The van der Waals surface area contributed by atoms with Crippen molar-refractivity contribution < 1.29 is 14.6 Å². The molecule has 1 aromatic carbocycles. The highest BCUT2D eigenvalue weighted by molar-refractivity contribution is 5.71. The number of aliphatic hydroxyl groups excluding tert-OH is 1. The Morgan fingerprint density at radius 3 is 2.94 bits per heavy atom. The van der Waals surface area contributed by atoms with E-state index in [0.29, 0.717) is 19.6 Å². The lowest BCUT2D eigenvalue weighted by molar-refractivity contribution is 0.131. The topological polar surface area (TPSA) is 49.8 Å². The quantitative estimate of drug-likeness (QED) is 0.889. The molecule has 1 amide bonds. The van der Waals surface area contributed by atoms with Crippen LogP contribution in [0.3, 0.4) is 0 Å². The van der Waals surface area contributed by atoms with Crippen molar-refractivity contribution in [2.45, 2.75) is 32.4 Å². The van der Waals surface area contributed by atoms with E-state index in [0.717, 1.165) is 5.56 Å². The van der Waals surface area contributed by atoms with Crippen molar-refractivity contribution in [2.75, 3.05) is 13.2 Å². The lowest BCUT2D eigenvalue weighted by Gasteiger charge is -2.31. The molecule has 4 nitrogen and oxygen atoms in total. The van der Waals surface area contributed by atoms with Crippen LogP contribution >= 0.6 is 0 Å². The molecule has 1 N–H and O–H groups in total. The van der Waals surface area contributed by atoms with Crippen molar-refractivity contribution in [1.82, 2.24) is 4.90 Å². The Morgan fingerprint density at radius 1 is 1.50 bits per heavy atom. The van der Waals surface area contributed by atoms with Gasteiger partial charge in [-0.25, -0.2) is 4.79 Å². The van der Waals surface area contributed by atoms with Crippen LogP contribution in [0.2, 0.25) is 0 Å². The molecule has 1 aliphatic heterocycles. The second-order valence-corrected chi connectivity index (χ2v) is 5.10. The molecule has 0 aromatic heterocycles. The SMILES string of the molecule is Cc1cccc(CN2C(=O)OCC2(C)CCO)c1. The molecular formula is C14H19NO3. The van der Waals surface area contributed by atoms with Gasteiger partial charge >= 0.3 is 6.09 Å². The van der Waals surface area contributed by atoms with Crippen molar-refractivity contribution in [3.05, 3.63) is 35.4 Å². The molecule has 2 rings (SSSR count). The Hall–Kier alpha value is -1.55. The molecule has 1 aliphatic rings. The smallest absolute Gasteiger partial charge is 0.410 e. The third-order valence-corrected chi connectivity index (χ3v) is 3.45. The summed E-state index contributed by atoms with van der Waals surface area (Å²) >= 11 is 0. The van der Waals surface area contributed by atoms with Crippen molar-refractivity contribution in [3.8, 4) is 0 Å². The fraction of sp³-hybridized carbons (Fsp3) is 0.500. The number of carbonyl (C=O) groups is 1. The number of aliphatic hydroxyl groups is 1. The Labute approximate surface area is 107 Å². The first-order valence-electron chi connectivity index (χ1n) is 6.16. The van der Waals surface area contributed by atoms with E-state index in [1.807, 2.05) is 32.0 Å². The average molecular weight is 249 g/mol. The van der Waals surface area contributed by atoms with Crippen LogP contribution in [0.15, 0.2) is 24.3 Å². The van der Waals surface area contributed by atoms with Crippen LogP contribution in [0.1, 0.15) is 24.5 Å². The number of rotatable bonds is 4. The molecule has 1 aromatic rings. The van der Waals surface area contributed by atoms with Crippen molar-refractivity contribution in [2.24, 2.45) is 0 Å². The normalized spacial score (nSPS) is 23.3. The lowest BCUT2D eigenvalue weighted by Crippen LogP contribution is -2.44. The molecule has 1 unspecified atom stereocenters. The molecule has 1 heterocycles. The molecule has 1 fully saturated rings. The van der Waals surface area contributed by atoms with Crippen LogP contribution in [0, 0.1) is 6.92 Å². The second-order valence-electron chi connectivity index (χ2n) is 5.10. The Balaban J connectivity index is 2.17. The van der Waals surface area contributed by atoms with Gasteiger partial charge in [0.2, 0.25) is 0 Å². The summed E-state index contributed by atoms with van der Waals surface area (Å²) in [7, 11) is 0. The van der Waals surface area contributed by atoms with Crippen molar-refractivity contribution >= 4 is 6.09 Å². The van der Waals surface area contributed by atoms with Gasteiger partial charge in [0.1, 0.15) is 6.61 Å². The van der Waals surface area contributed by atoms with Gasteiger partial charge in [-0.15, -0.1) is 0 Å². The number of aryl methyl sites for hydroxylation is 1. The zero-order chi connectivity index (χ0) is 13.2. The van der Waals surface area contributed by atoms with Crippen LogP contribution in [0.25, 0.3) is 0 Å². The monoisotopic (exact) mass is 249 g/mol. The van der Waals surface area contributed by atoms with Crippen LogP contribution in [-0.4, -0.2) is 34.9 Å². The standard InChI is InChI=1S/C14H19NO3/c1-11-4-3-5-12(8-11)9-15-13(17)18-10-14(15,2)6-7-16/h3-5,8,16H,6-7,9-10H2,1-2H3. The summed E-state index contributed by atoms with van der Waals surface area (Å²) < 4.78 is 5.11. The van der Waals surface area contributed by atoms with E-state index in [4.69, 9.17) is 9.84 Å². The van der Waals surface area contributed by atoms with E-state index >= 15 is 0 Å². The number of benzene rings is 1. The molecule has 18 heavy (non-hydrogen) atoms. The lowest BCUT2D eigenvalue weighted by atomic mass is 9.97. The maximum atomic E-state index is 11.8. The van der Waals surface area contributed by atoms with E-state index in [9.17, 15) is 4.79 Å². The fourth-order valence-electron chi connectivity index (χ4n) is 2.29. The summed E-state index contributed by atoms with van der Waals surface area (Å²) in [4.78, 5) is 13.5. The second kappa shape index (κ2) is 4.98. The Bertz CT molecular complexity index is 446. The fourth-order valence-corrected chi connectivity index (χ4v) is 2.29. The number of hydrogen-bond donors (Lipinski definition) is 1. The zero-order valence-corrected chi connectivity index (χ0v) is 10.8. The molecule has 1 saturated heterocycles. The molecular weight excluding hydrogens is 230 g/mol. The molecule has 98 valence electrons. The van der Waals surface area contributed by atoms with Gasteiger partial charge in [0.25, 0.3) is 0 Å². The highest BCUT2D eigenvalue weighted by Crippen LogP contribution is 2.29. The van der Waals surface area contributed by atoms with Gasteiger partial charge in [-0.2, -0.15) is 0 Å². The van der Waals surface area contributed by atoms with E-state index in [1.54, 1.807) is 4.90 Å². The number of hydrogen-bond acceptors (Lipinski definition) is 3. The predicted molar refractivity (Wildman–Crippen MR) is 68.2 cm³/mol. The predicted octanol–water partition coefficient (Wildman–Crippen LogP) is 2.09. The first-order chi connectivity index (χ1) is 8.55. The van der Waals surface area contributed by atoms with Gasteiger partial charge in [0.05, 0.1) is 5.54 Å². The third-order valence-electron chi connectivity index (χ3n) is 3.45. The van der Waals surface area contributed by atoms with Gasteiger partial charge in [0.15, 0.2) is 0 Å². The maximum absolute atomic E-state index is 11.8. The van der Waals surface area contributed by atoms with Crippen LogP contribution in [0.5, 0.6) is 0 Å². The number of ether oxygens (including phenoxy) is 1. The molecule has 0 bridgehead atoms. The minimum atomic E-state index is -0.407. The van der Waals surface area contributed by atoms with Gasteiger partial charge < -0.3 is 9.84 Å². The summed E-state index contributed by atoms with van der Waals surface area (Å²) in [6.07, 6.45) is 0.234. The highest BCUT2D eigenvalue weighted by atomic mass is 16.6. The van der Waals surface area contributed by atoms with Gasteiger partial charge in [-0.05, 0) is 25.8 Å². The number of amides is 1. The summed E-state index contributed by atoms with van der Waals surface area (Å²) in [6.45, 7) is 4.90. The van der Waals surface area contributed by atoms with Crippen molar-refractivity contribution in [1.29, 1.82) is 0 Å². The van der Waals surface area contributed by atoms with Crippen LogP contribution < -0.4 is 0 Å². The van der Waals surface area contributed by atoms with Gasteiger partial charge in [0, 0.05) is 13.2 Å². The first kappa shape index (κ1) is 12.9.